The third-order valence-electron chi connectivity index (χ3n) is 7.32. The van der Waals surface area contributed by atoms with Crippen molar-refractivity contribution in [2.45, 2.75) is 26.3 Å². The predicted molar refractivity (Wildman–Crippen MR) is 155 cm³/mol. The van der Waals surface area contributed by atoms with Gasteiger partial charge in [-0.1, -0.05) is 67.6 Å². The van der Waals surface area contributed by atoms with Crippen LogP contribution < -0.4 is 4.90 Å². The largest absolute Gasteiger partial charge is 0.503 e. The minimum atomic E-state index is -0.801. The summed E-state index contributed by atoms with van der Waals surface area (Å²) in [6, 6.07) is 24.4. The number of carbonyl (C=O) groups is 2. The van der Waals surface area contributed by atoms with Crippen molar-refractivity contribution < 1.29 is 14.7 Å². The van der Waals surface area contributed by atoms with Crippen LogP contribution in [0.25, 0.3) is 21.5 Å². The summed E-state index contributed by atoms with van der Waals surface area (Å²) in [4.78, 5) is 34.5. The molecule has 5 aromatic rings. The van der Waals surface area contributed by atoms with E-state index in [1.165, 1.54) is 16.2 Å². The lowest BCUT2D eigenvalue weighted by Gasteiger charge is -2.26. The van der Waals surface area contributed by atoms with Gasteiger partial charge in [0.2, 0.25) is 5.78 Å². The highest BCUT2D eigenvalue weighted by molar-refractivity contribution is 7.17. The molecule has 39 heavy (non-hydrogen) atoms. The van der Waals surface area contributed by atoms with Gasteiger partial charge in [0.25, 0.3) is 5.91 Å². The number of ketones is 1. The molecule has 0 bridgehead atoms. The van der Waals surface area contributed by atoms with Crippen molar-refractivity contribution in [3.8, 4) is 10.6 Å². The molecule has 1 N–H and O–H groups in total. The van der Waals surface area contributed by atoms with E-state index in [2.05, 4.69) is 11.9 Å². The Balaban J connectivity index is 1.52. The Morgan fingerprint density at radius 1 is 1.00 bits per heavy atom. The molecule has 1 aliphatic rings. The molecule has 1 unspecified atom stereocenters. The number of rotatable bonds is 6. The summed E-state index contributed by atoms with van der Waals surface area (Å²) >= 11 is 1.28. The second-order valence-electron chi connectivity index (χ2n) is 9.70. The van der Waals surface area contributed by atoms with Gasteiger partial charge in [0.1, 0.15) is 5.01 Å². The summed E-state index contributed by atoms with van der Waals surface area (Å²) in [5.74, 6) is -1.50. The lowest BCUT2D eigenvalue weighted by molar-refractivity contribution is -0.117. The van der Waals surface area contributed by atoms with Crippen LogP contribution in [0.3, 0.4) is 0 Å². The number of hydrogen-bond donors (Lipinski definition) is 1. The van der Waals surface area contributed by atoms with Crippen LogP contribution in [0.1, 0.15) is 39.5 Å². The monoisotopic (exact) mass is 533 g/mol. The lowest BCUT2D eigenvalue weighted by atomic mass is 9.94. The molecule has 0 aliphatic carbocycles. The number of nitrogens with zero attached hydrogens (tertiary/aromatic N) is 3. The minimum Gasteiger partial charge on any atom is -0.503 e. The molecule has 2 aromatic heterocycles. The van der Waals surface area contributed by atoms with Gasteiger partial charge in [0.15, 0.2) is 5.76 Å². The fourth-order valence-corrected chi connectivity index (χ4v) is 6.34. The summed E-state index contributed by atoms with van der Waals surface area (Å²) in [6.45, 7) is 3.86. The van der Waals surface area contributed by atoms with Crippen molar-refractivity contribution in [2.75, 3.05) is 4.90 Å². The first-order valence-corrected chi connectivity index (χ1v) is 13.7. The SMILES string of the molecule is CCc1ccc(N2C(=O)C(O)=C(C(=O)c3sc(-c4ccccc4)nc3C)C2c2cn(C)c3ccccc23)cc1. The molecule has 1 atom stereocenters. The molecule has 0 saturated carbocycles. The lowest BCUT2D eigenvalue weighted by Crippen LogP contribution is -2.31. The van der Waals surface area contributed by atoms with E-state index in [4.69, 9.17) is 0 Å². The van der Waals surface area contributed by atoms with Crippen LogP contribution in [0, 0.1) is 6.92 Å². The van der Waals surface area contributed by atoms with E-state index < -0.39 is 17.7 Å². The third-order valence-corrected chi connectivity index (χ3v) is 8.53. The molecule has 194 valence electrons. The molecule has 0 fully saturated rings. The summed E-state index contributed by atoms with van der Waals surface area (Å²) in [5.41, 5.74) is 5.05. The average molecular weight is 534 g/mol. The molecule has 0 spiro atoms. The molecule has 1 amide bonds. The van der Waals surface area contributed by atoms with Gasteiger partial charge in [-0.2, -0.15) is 0 Å². The molecular weight excluding hydrogens is 506 g/mol. The van der Waals surface area contributed by atoms with E-state index >= 15 is 0 Å². The van der Waals surface area contributed by atoms with Crippen LogP contribution in [0.2, 0.25) is 0 Å². The number of aryl methyl sites for hydroxylation is 3. The Bertz CT molecular complexity index is 1760. The molecule has 1 aliphatic heterocycles. The third kappa shape index (κ3) is 4.06. The smallest absolute Gasteiger partial charge is 0.294 e. The number of hydrogen-bond acceptors (Lipinski definition) is 5. The number of para-hydroxylation sites is 1. The topological polar surface area (TPSA) is 75.4 Å². The molecule has 0 radical (unpaired) electrons. The predicted octanol–water partition coefficient (Wildman–Crippen LogP) is 6.96. The van der Waals surface area contributed by atoms with Gasteiger partial charge in [-0.15, -0.1) is 11.3 Å². The van der Waals surface area contributed by atoms with Crippen molar-refractivity contribution in [3.63, 3.8) is 0 Å². The van der Waals surface area contributed by atoms with Crippen molar-refractivity contribution >= 4 is 39.6 Å². The maximum atomic E-state index is 14.2. The van der Waals surface area contributed by atoms with Gasteiger partial charge in [-0.3, -0.25) is 14.5 Å². The summed E-state index contributed by atoms with van der Waals surface area (Å²) < 4.78 is 1.98. The van der Waals surface area contributed by atoms with E-state index in [0.717, 1.165) is 39.0 Å². The van der Waals surface area contributed by atoms with Gasteiger partial charge in [-0.05, 0) is 37.1 Å². The van der Waals surface area contributed by atoms with Crippen LogP contribution in [-0.2, 0) is 18.3 Å². The number of aromatic nitrogens is 2. The van der Waals surface area contributed by atoms with E-state index in [9.17, 15) is 14.7 Å². The highest BCUT2D eigenvalue weighted by atomic mass is 32.1. The number of aliphatic hydroxyl groups excluding tert-OH is 1. The molecule has 3 aromatic carbocycles. The fraction of sp³-hybridized carbons (Fsp3) is 0.156. The Kier molecular flexibility index (Phi) is 6.16. The van der Waals surface area contributed by atoms with E-state index in [0.29, 0.717) is 16.3 Å². The van der Waals surface area contributed by atoms with Crippen molar-refractivity contribution in [3.05, 3.63) is 118 Å². The number of benzene rings is 3. The van der Waals surface area contributed by atoms with E-state index in [1.54, 1.807) is 6.92 Å². The van der Waals surface area contributed by atoms with Crippen molar-refractivity contribution in [2.24, 2.45) is 7.05 Å². The number of amides is 1. The van der Waals surface area contributed by atoms with Gasteiger partial charge in [-0.25, -0.2) is 4.98 Å². The maximum Gasteiger partial charge on any atom is 0.294 e. The van der Waals surface area contributed by atoms with Crippen LogP contribution in [0.4, 0.5) is 5.69 Å². The number of Topliss-reactive ketones (excluding diaryl/α,β-unsaturated/α-hetero) is 1. The first-order chi connectivity index (χ1) is 18.9. The second kappa shape index (κ2) is 9.67. The van der Waals surface area contributed by atoms with Gasteiger partial charge < -0.3 is 9.67 Å². The molecule has 6 rings (SSSR count). The average Bonchev–Trinajstić information content (AvgIpc) is 3.60. The Morgan fingerprint density at radius 3 is 2.41 bits per heavy atom. The molecule has 6 nitrogen and oxygen atoms in total. The number of aliphatic hydroxyl groups is 1. The number of anilines is 1. The zero-order valence-corrected chi connectivity index (χ0v) is 22.7. The first kappa shape index (κ1) is 24.8. The van der Waals surface area contributed by atoms with Crippen LogP contribution in [0.5, 0.6) is 0 Å². The summed E-state index contributed by atoms with van der Waals surface area (Å²) in [5, 5.41) is 12.9. The van der Waals surface area contributed by atoms with Crippen LogP contribution >= 0.6 is 11.3 Å². The summed E-state index contributed by atoms with van der Waals surface area (Å²) in [7, 11) is 1.94. The first-order valence-electron chi connectivity index (χ1n) is 12.9. The summed E-state index contributed by atoms with van der Waals surface area (Å²) in [6.07, 6.45) is 2.81. The quantitative estimate of drug-likeness (QED) is 0.240. The van der Waals surface area contributed by atoms with Crippen molar-refractivity contribution in [1.82, 2.24) is 9.55 Å². The Labute approximate surface area is 230 Å². The van der Waals surface area contributed by atoms with Crippen LogP contribution in [0.15, 0.2) is 96.4 Å². The fourth-order valence-electron chi connectivity index (χ4n) is 5.31. The minimum absolute atomic E-state index is 0.0716. The van der Waals surface area contributed by atoms with E-state index in [-0.39, 0.29) is 11.4 Å². The molecule has 7 heteroatoms. The number of fused-ring (bicyclic) bond motifs is 1. The highest BCUT2D eigenvalue weighted by Gasteiger charge is 2.46. The Hall–Kier alpha value is -4.49. The highest BCUT2D eigenvalue weighted by Crippen LogP contribution is 2.45. The van der Waals surface area contributed by atoms with Gasteiger partial charge >= 0.3 is 0 Å². The van der Waals surface area contributed by atoms with E-state index in [1.807, 2.05) is 96.7 Å². The molecule has 3 heterocycles. The Morgan fingerprint density at radius 2 is 1.69 bits per heavy atom. The normalized spacial score (nSPS) is 15.5. The standard InChI is InChI=1S/C32H27N3O3S/c1-4-20-14-16-22(17-15-20)35-27(24-18-34(3)25-13-9-8-12-23(24)25)26(29(37)32(35)38)28(36)30-19(2)33-31(39-30)21-10-6-5-7-11-21/h5-18,27,37H,4H2,1-3H3. The zero-order chi connectivity index (χ0) is 27.3. The van der Waals surface area contributed by atoms with Gasteiger partial charge in [0, 0.05) is 41.0 Å². The van der Waals surface area contributed by atoms with Crippen LogP contribution in [-0.4, -0.2) is 26.3 Å². The number of thiazole rings is 1. The maximum absolute atomic E-state index is 14.2. The molecular formula is C32H27N3O3S. The number of carbonyl (C=O) groups excluding carboxylic acids is 2. The second-order valence-corrected chi connectivity index (χ2v) is 10.7. The zero-order valence-electron chi connectivity index (χ0n) is 21.9. The molecule has 0 saturated heterocycles. The van der Waals surface area contributed by atoms with Gasteiger partial charge in [0.05, 0.1) is 22.2 Å². The van der Waals surface area contributed by atoms with Crippen molar-refractivity contribution in [1.29, 1.82) is 0 Å².